The van der Waals surface area contributed by atoms with Crippen molar-refractivity contribution >= 4 is 11.4 Å². The zero-order valence-electron chi connectivity index (χ0n) is 10.8. The molecule has 2 aromatic heterocycles. The highest BCUT2D eigenvalue weighted by Gasteiger charge is 2.11. The number of nitrogens with zero attached hydrogens (tertiary/aromatic N) is 1. The first kappa shape index (κ1) is 12.4. The number of fused-ring (bicyclic) bond motifs is 1. The van der Waals surface area contributed by atoms with Gasteiger partial charge in [-0.15, -0.1) is 0 Å². The van der Waals surface area contributed by atoms with Crippen LogP contribution in [0.3, 0.4) is 0 Å². The SMILES string of the molecule is Cc1cc2cc[nH]n2c(=O)c1CNC(=O)C(C)C. The van der Waals surface area contributed by atoms with Crippen LogP contribution in [-0.4, -0.2) is 15.5 Å². The maximum Gasteiger partial charge on any atom is 0.274 e. The first-order valence-electron chi connectivity index (χ1n) is 5.97. The molecule has 0 fully saturated rings. The minimum Gasteiger partial charge on any atom is -0.352 e. The Hall–Kier alpha value is -2.04. The fourth-order valence-corrected chi connectivity index (χ4v) is 1.84. The molecular formula is C13H17N3O2. The van der Waals surface area contributed by atoms with Gasteiger partial charge in [-0.25, -0.2) is 4.52 Å². The number of aromatic nitrogens is 2. The van der Waals surface area contributed by atoms with Crippen LogP contribution in [0.2, 0.25) is 0 Å². The van der Waals surface area contributed by atoms with Gasteiger partial charge in [-0.1, -0.05) is 13.8 Å². The molecule has 0 bridgehead atoms. The quantitative estimate of drug-likeness (QED) is 0.856. The third-order valence-corrected chi connectivity index (χ3v) is 2.98. The van der Waals surface area contributed by atoms with Crippen molar-refractivity contribution in [1.82, 2.24) is 14.9 Å². The van der Waals surface area contributed by atoms with E-state index in [0.717, 1.165) is 11.1 Å². The Kier molecular flexibility index (Phi) is 3.23. The van der Waals surface area contributed by atoms with Crippen molar-refractivity contribution in [1.29, 1.82) is 0 Å². The van der Waals surface area contributed by atoms with Gasteiger partial charge in [0, 0.05) is 24.2 Å². The second kappa shape index (κ2) is 4.68. The van der Waals surface area contributed by atoms with E-state index < -0.39 is 0 Å². The van der Waals surface area contributed by atoms with Gasteiger partial charge >= 0.3 is 0 Å². The standard InChI is InChI=1S/C13H17N3O2/c1-8(2)12(17)14-7-11-9(3)6-10-4-5-15-16(10)13(11)18/h4-6,8,15H,7H2,1-3H3,(H,14,17). The molecule has 96 valence electrons. The largest absolute Gasteiger partial charge is 0.352 e. The maximum atomic E-state index is 12.2. The highest BCUT2D eigenvalue weighted by molar-refractivity contribution is 5.77. The predicted molar refractivity (Wildman–Crippen MR) is 69.4 cm³/mol. The van der Waals surface area contributed by atoms with Gasteiger partial charge in [-0.3, -0.25) is 14.7 Å². The molecule has 0 saturated carbocycles. The van der Waals surface area contributed by atoms with E-state index in [-0.39, 0.29) is 23.9 Å². The average molecular weight is 247 g/mol. The van der Waals surface area contributed by atoms with Crippen molar-refractivity contribution in [3.8, 4) is 0 Å². The highest BCUT2D eigenvalue weighted by atomic mass is 16.2. The van der Waals surface area contributed by atoms with Gasteiger partial charge in [-0.05, 0) is 24.6 Å². The molecule has 1 amide bonds. The van der Waals surface area contributed by atoms with E-state index in [1.807, 2.05) is 32.9 Å². The lowest BCUT2D eigenvalue weighted by atomic mass is 10.1. The molecule has 0 aliphatic heterocycles. The van der Waals surface area contributed by atoms with Crippen molar-refractivity contribution in [2.45, 2.75) is 27.3 Å². The van der Waals surface area contributed by atoms with Crippen molar-refractivity contribution in [2.24, 2.45) is 5.92 Å². The van der Waals surface area contributed by atoms with Crippen LogP contribution in [0.25, 0.3) is 5.52 Å². The summed E-state index contributed by atoms with van der Waals surface area (Å²) in [5.41, 5.74) is 2.23. The molecule has 2 N–H and O–H groups in total. The average Bonchev–Trinajstić information content (AvgIpc) is 2.76. The molecule has 18 heavy (non-hydrogen) atoms. The van der Waals surface area contributed by atoms with Crippen molar-refractivity contribution in [3.63, 3.8) is 0 Å². The molecule has 5 nitrogen and oxygen atoms in total. The number of aromatic amines is 1. The summed E-state index contributed by atoms with van der Waals surface area (Å²) in [5.74, 6) is -0.132. The summed E-state index contributed by atoms with van der Waals surface area (Å²) in [6.45, 7) is 5.79. The van der Waals surface area contributed by atoms with Crippen LogP contribution in [0.1, 0.15) is 25.0 Å². The molecule has 0 spiro atoms. The lowest BCUT2D eigenvalue weighted by Gasteiger charge is -2.09. The fraction of sp³-hybridized carbons (Fsp3) is 0.385. The zero-order valence-corrected chi connectivity index (χ0v) is 10.8. The molecule has 0 aromatic carbocycles. The van der Waals surface area contributed by atoms with Crippen molar-refractivity contribution < 1.29 is 4.79 Å². The van der Waals surface area contributed by atoms with E-state index >= 15 is 0 Å². The molecule has 0 aliphatic rings. The van der Waals surface area contributed by atoms with Crippen LogP contribution in [0, 0.1) is 12.8 Å². The molecular weight excluding hydrogens is 230 g/mol. The zero-order chi connectivity index (χ0) is 13.3. The summed E-state index contributed by atoms with van der Waals surface area (Å²) in [6, 6.07) is 3.76. The van der Waals surface area contributed by atoms with Gasteiger partial charge in [-0.2, -0.15) is 0 Å². The monoisotopic (exact) mass is 247 g/mol. The van der Waals surface area contributed by atoms with E-state index in [1.165, 1.54) is 4.52 Å². The predicted octanol–water partition coefficient (Wildman–Crippen LogP) is 1.21. The summed E-state index contributed by atoms with van der Waals surface area (Å²) in [6.07, 6.45) is 1.71. The number of aryl methyl sites for hydroxylation is 1. The second-order valence-corrected chi connectivity index (χ2v) is 4.71. The Morgan fingerprint density at radius 3 is 2.89 bits per heavy atom. The summed E-state index contributed by atoms with van der Waals surface area (Å²) < 4.78 is 1.48. The van der Waals surface area contributed by atoms with Gasteiger partial charge in [0.05, 0.1) is 5.52 Å². The van der Waals surface area contributed by atoms with E-state index in [4.69, 9.17) is 0 Å². The van der Waals surface area contributed by atoms with Crippen molar-refractivity contribution in [2.75, 3.05) is 0 Å². The minimum absolute atomic E-state index is 0.0506. The topological polar surface area (TPSA) is 66.4 Å². The molecule has 5 heteroatoms. The Balaban J connectivity index is 2.33. The number of hydrogen-bond acceptors (Lipinski definition) is 2. The Morgan fingerprint density at radius 2 is 2.22 bits per heavy atom. The number of amides is 1. The Labute approximate surface area is 105 Å². The number of nitrogens with one attached hydrogen (secondary N) is 2. The van der Waals surface area contributed by atoms with E-state index in [9.17, 15) is 9.59 Å². The number of carbonyl (C=O) groups is 1. The van der Waals surface area contributed by atoms with Gasteiger partial charge < -0.3 is 5.32 Å². The highest BCUT2D eigenvalue weighted by Crippen LogP contribution is 2.07. The normalized spacial score (nSPS) is 11.1. The van der Waals surface area contributed by atoms with Crippen LogP contribution in [0.5, 0.6) is 0 Å². The summed E-state index contributed by atoms with van der Waals surface area (Å²) in [4.78, 5) is 23.7. The van der Waals surface area contributed by atoms with E-state index in [2.05, 4.69) is 10.4 Å². The lowest BCUT2D eigenvalue weighted by molar-refractivity contribution is -0.124. The molecule has 0 atom stereocenters. The fourth-order valence-electron chi connectivity index (χ4n) is 1.84. The third-order valence-electron chi connectivity index (χ3n) is 2.98. The number of pyridine rings is 1. The maximum absolute atomic E-state index is 12.2. The van der Waals surface area contributed by atoms with E-state index in [0.29, 0.717) is 5.56 Å². The molecule has 0 radical (unpaired) electrons. The third kappa shape index (κ3) is 2.16. The molecule has 2 aromatic rings. The summed E-state index contributed by atoms with van der Waals surface area (Å²) in [7, 11) is 0. The summed E-state index contributed by atoms with van der Waals surface area (Å²) in [5, 5.41) is 5.63. The van der Waals surface area contributed by atoms with Gasteiger partial charge in [0.1, 0.15) is 0 Å². The van der Waals surface area contributed by atoms with Crippen LogP contribution < -0.4 is 10.9 Å². The molecule has 2 heterocycles. The van der Waals surface area contributed by atoms with Gasteiger partial charge in [0.15, 0.2) is 0 Å². The first-order chi connectivity index (χ1) is 8.50. The number of rotatable bonds is 3. The van der Waals surface area contributed by atoms with Gasteiger partial charge in [0.25, 0.3) is 5.56 Å². The Bertz CT molecular complexity index is 637. The van der Waals surface area contributed by atoms with Crippen LogP contribution in [0.4, 0.5) is 0 Å². The van der Waals surface area contributed by atoms with Crippen LogP contribution >= 0.6 is 0 Å². The minimum atomic E-state index is -0.112. The summed E-state index contributed by atoms with van der Waals surface area (Å²) >= 11 is 0. The van der Waals surface area contributed by atoms with Crippen LogP contribution in [-0.2, 0) is 11.3 Å². The van der Waals surface area contributed by atoms with Crippen molar-refractivity contribution in [3.05, 3.63) is 39.8 Å². The lowest BCUT2D eigenvalue weighted by Crippen LogP contribution is -2.31. The molecule has 0 unspecified atom stereocenters. The number of hydrogen-bond donors (Lipinski definition) is 2. The molecule has 0 aliphatic carbocycles. The Morgan fingerprint density at radius 1 is 1.50 bits per heavy atom. The van der Waals surface area contributed by atoms with Gasteiger partial charge in [0.2, 0.25) is 5.91 Å². The second-order valence-electron chi connectivity index (χ2n) is 4.71. The van der Waals surface area contributed by atoms with E-state index in [1.54, 1.807) is 6.20 Å². The number of carbonyl (C=O) groups excluding carboxylic acids is 1. The van der Waals surface area contributed by atoms with Crippen LogP contribution in [0.15, 0.2) is 23.1 Å². The molecule has 2 rings (SSSR count). The molecule has 0 saturated heterocycles. The smallest absolute Gasteiger partial charge is 0.274 e. The number of H-pyrrole nitrogens is 1. The first-order valence-corrected chi connectivity index (χ1v) is 5.97.